The summed E-state index contributed by atoms with van der Waals surface area (Å²) >= 11 is 0. The number of hydrogen-bond donors (Lipinski definition) is 2. The molecule has 0 saturated carbocycles. The van der Waals surface area contributed by atoms with E-state index in [4.69, 9.17) is 4.74 Å². The van der Waals surface area contributed by atoms with Gasteiger partial charge in [0.05, 0.1) is 7.11 Å². The highest BCUT2D eigenvalue weighted by molar-refractivity contribution is 6.04. The van der Waals surface area contributed by atoms with Crippen molar-refractivity contribution >= 4 is 23.4 Å². The van der Waals surface area contributed by atoms with Gasteiger partial charge in [-0.3, -0.25) is 10.1 Å². The second kappa shape index (κ2) is 9.23. The number of benzene rings is 3. The minimum atomic E-state index is -0.550. The molecule has 28 heavy (non-hydrogen) atoms. The molecule has 3 rings (SSSR count). The Morgan fingerprint density at radius 1 is 0.786 bits per heavy atom. The smallest absolute Gasteiger partial charge is 0.411 e. The Morgan fingerprint density at radius 3 is 2.00 bits per heavy atom. The Morgan fingerprint density at radius 2 is 1.39 bits per heavy atom. The number of anilines is 2. The molecule has 2 N–H and O–H groups in total. The average molecular weight is 376 g/mol. The summed E-state index contributed by atoms with van der Waals surface area (Å²) < 4.78 is 10.3. The van der Waals surface area contributed by atoms with Crippen LogP contribution < -0.4 is 15.4 Å². The van der Waals surface area contributed by atoms with Gasteiger partial charge in [-0.15, -0.1) is 0 Å². The monoisotopic (exact) mass is 376 g/mol. The van der Waals surface area contributed by atoms with Gasteiger partial charge in [-0.25, -0.2) is 4.79 Å². The summed E-state index contributed by atoms with van der Waals surface area (Å²) in [5.41, 5.74) is 2.79. The standard InChI is InChI=1S/C22H20N2O4/c1-27-22(26)24-19-11-9-18(10-12-19)23-21(25)17-7-13-20(14-8-17)28-15-16-5-3-2-4-6-16/h2-14H,15H2,1H3,(H,23,25)(H,24,26). The van der Waals surface area contributed by atoms with E-state index in [9.17, 15) is 9.59 Å². The quantitative estimate of drug-likeness (QED) is 0.654. The summed E-state index contributed by atoms with van der Waals surface area (Å²) in [7, 11) is 1.29. The first-order valence-corrected chi connectivity index (χ1v) is 8.67. The molecule has 2 amide bonds. The molecule has 0 aliphatic carbocycles. The maximum atomic E-state index is 12.4. The van der Waals surface area contributed by atoms with Gasteiger partial charge in [0.25, 0.3) is 5.91 Å². The molecular weight excluding hydrogens is 356 g/mol. The van der Waals surface area contributed by atoms with Crippen LogP contribution in [-0.4, -0.2) is 19.1 Å². The van der Waals surface area contributed by atoms with Gasteiger partial charge in [0, 0.05) is 16.9 Å². The predicted octanol–water partition coefficient (Wildman–Crippen LogP) is 4.70. The summed E-state index contributed by atoms with van der Waals surface area (Å²) in [6.45, 7) is 0.471. The molecule has 0 aliphatic heterocycles. The largest absolute Gasteiger partial charge is 0.489 e. The number of ether oxygens (including phenoxy) is 2. The lowest BCUT2D eigenvalue weighted by Gasteiger charge is -2.09. The van der Waals surface area contributed by atoms with E-state index < -0.39 is 6.09 Å². The fourth-order valence-electron chi connectivity index (χ4n) is 2.45. The number of carbonyl (C=O) groups excluding carboxylic acids is 2. The molecule has 0 atom stereocenters. The fourth-order valence-corrected chi connectivity index (χ4v) is 2.45. The Hall–Kier alpha value is -3.80. The summed E-state index contributed by atoms with van der Waals surface area (Å²) in [6.07, 6.45) is -0.550. The molecule has 3 aromatic rings. The molecular formula is C22H20N2O4. The highest BCUT2D eigenvalue weighted by Crippen LogP contribution is 2.17. The Bertz CT molecular complexity index is 923. The van der Waals surface area contributed by atoms with Crippen molar-refractivity contribution in [2.45, 2.75) is 6.61 Å². The van der Waals surface area contributed by atoms with E-state index in [1.165, 1.54) is 7.11 Å². The number of rotatable bonds is 6. The Balaban J connectivity index is 1.55. The van der Waals surface area contributed by atoms with Crippen LogP contribution in [0.15, 0.2) is 78.9 Å². The van der Waals surface area contributed by atoms with E-state index in [1.54, 1.807) is 48.5 Å². The van der Waals surface area contributed by atoms with Crippen molar-refractivity contribution in [3.8, 4) is 5.75 Å². The SMILES string of the molecule is COC(=O)Nc1ccc(NC(=O)c2ccc(OCc3ccccc3)cc2)cc1. The molecule has 0 unspecified atom stereocenters. The number of amides is 2. The molecule has 0 spiro atoms. The minimum absolute atomic E-state index is 0.233. The normalized spacial score (nSPS) is 10.0. The van der Waals surface area contributed by atoms with Crippen LogP contribution in [0, 0.1) is 0 Å². The van der Waals surface area contributed by atoms with Crippen molar-refractivity contribution in [2.75, 3.05) is 17.7 Å². The van der Waals surface area contributed by atoms with E-state index in [0.717, 1.165) is 5.56 Å². The first-order chi connectivity index (χ1) is 13.6. The lowest BCUT2D eigenvalue weighted by atomic mass is 10.2. The van der Waals surface area contributed by atoms with E-state index in [-0.39, 0.29) is 5.91 Å². The molecule has 142 valence electrons. The van der Waals surface area contributed by atoms with E-state index in [0.29, 0.717) is 29.3 Å². The molecule has 0 aliphatic rings. The van der Waals surface area contributed by atoms with Crippen molar-refractivity contribution in [2.24, 2.45) is 0 Å². The Kier molecular flexibility index (Phi) is 6.25. The zero-order chi connectivity index (χ0) is 19.8. The van der Waals surface area contributed by atoms with E-state index >= 15 is 0 Å². The highest BCUT2D eigenvalue weighted by Gasteiger charge is 2.07. The summed E-state index contributed by atoms with van der Waals surface area (Å²) in [5, 5.41) is 5.35. The first-order valence-electron chi connectivity index (χ1n) is 8.67. The predicted molar refractivity (Wildman–Crippen MR) is 108 cm³/mol. The molecule has 0 bridgehead atoms. The number of hydrogen-bond acceptors (Lipinski definition) is 4. The maximum Gasteiger partial charge on any atom is 0.411 e. The van der Waals surface area contributed by atoms with Crippen LogP contribution in [0.3, 0.4) is 0 Å². The van der Waals surface area contributed by atoms with Crippen LogP contribution in [-0.2, 0) is 11.3 Å². The summed E-state index contributed by atoms with van der Waals surface area (Å²) in [5.74, 6) is 0.460. The third-order valence-electron chi connectivity index (χ3n) is 3.94. The van der Waals surface area contributed by atoms with Crippen LogP contribution in [0.25, 0.3) is 0 Å². The van der Waals surface area contributed by atoms with Gasteiger partial charge in [0.2, 0.25) is 0 Å². The lowest BCUT2D eigenvalue weighted by molar-refractivity contribution is 0.102. The fraction of sp³-hybridized carbons (Fsp3) is 0.0909. The van der Waals surface area contributed by atoms with Gasteiger partial charge in [-0.2, -0.15) is 0 Å². The molecule has 6 heteroatoms. The summed E-state index contributed by atoms with van der Waals surface area (Å²) in [6, 6.07) is 23.6. The van der Waals surface area contributed by atoms with Gasteiger partial charge >= 0.3 is 6.09 Å². The molecule has 0 fully saturated rings. The molecule has 0 aromatic heterocycles. The van der Waals surface area contributed by atoms with E-state index in [2.05, 4.69) is 15.4 Å². The topological polar surface area (TPSA) is 76.7 Å². The van der Waals surface area contributed by atoms with Gasteiger partial charge in [-0.05, 0) is 54.1 Å². The highest BCUT2D eigenvalue weighted by atomic mass is 16.5. The third kappa shape index (κ3) is 5.35. The molecule has 0 heterocycles. The Labute approximate surface area is 163 Å². The van der Waals surface area contributed by atoms with Crippen molar-refractivity contribution in [3.05, 3.63) is 90.0 Å². The number of carbonyl (C=O) groups is 2. The second-order valence-corrected chi connectivity index (χ2v) is 5.95. The maximum absolute atomic E-state index is 12.4. The average Bonchev–Trinajstić information content (AvgIpc) is 2.74. The van der Waals surface area contributed by atoms with Crippen LogP contribution >= 0.6 is 0 Å². The van der Waals surface area contributed by atoms with Crippen LogP contribution in [0.4, 0.5) is 16.2 Å². The third-order valence-corrected chi connectivity index (χ3v) is 3.94. The van der Waals surface area contributed by atoms with Crippen LogP contribution in [0.2, 0.25) is 0 Å². The second-order valence-electron chi connectivity index (χ2n) is 5.95. The van der Waals surface area contributed by atoms with Gasteiger partial charge in [0.1, 0.15) is 12.4 Å². The van der Waals surface area contributed by atoms with Gasteiger partial charge in [-0.1, -0.05) is 30.3 Å². The van der Waals surface area contributed by atoms with Crippen molar-refractivity contribution in [3.63, 3.8) is 0 Å². The van der Waals surface area contributed by atoms with Crippen molar-refractivity contribution in [1.82, 2.24) is 0 Å². The number of nitrogens with one attached hydrogen (secondary N) is 2. The molecule has 0 saturated heterocycles. The van der Waals surface area contributed by atoms with Gasteiger partial charge < -0.3 is 14.8 Å². The zero-order valence-corrected chi connectivity index (χ0v) is 15.3. The number of methoxy groups -OCH3 is 1. The van der Waals surface area contributed by atoms with Crippen LogP contribution in [0.1, 0.15) is 15.9 Å². The molecule has 3 aromatic carbocycles. The molecule has 0 radical (unpaired) electrons. The first kappa shape index (κ1) is 19.0. The molecule has 6 nitrogen and oxygen atoms in total. The van der Waals surface area contributed by atoms with Gasteiger partial charge in [0.15, 0.2) is 0 Å². The van der Waals surface area contributed by atoms with E-state index in [1.807, 2.05) is 30.3 Å². The van der Waals surface area contributed by atoms with Crippen molar-refractivity contribution < 1.29 is 19.1 Å². The minimum Gasteiger partial charge on any atom is -0.489 e. The van der Waals surface area contributed by atoms with Crippen molar-refractivity contribution in [1.29, 1.82) is 0 Å². The summed E-state index contributed by atoms with van der Waals surface area (Å²) in [4.78, 5) is 23.5. The van der Waals surface area contributed by atoms with Crippen LogP contribution in [0.5, 0.6) is 5.75 Å². The lowest BCUT2D eigenvalue weighted by Crippen LogP contribution is -2.13. The zero-order valence-electron chi connectivity index (χ0n) is 15.3.